The van der Waals surface area contributed by atoms with E-state index >= 15 is 0 Å². The maximum absolute atomic E-state index is 12.8. The van der Waals surface area contributed by atoms with E-state index < -0.39 is 10.0 Å². The molecule has 1 amide bonds. The molecule has 27 heavy (non-hydrogen) atoms. The molecule has 0 saturated heterocycles. The van der Waals surface area contributed by atoms with Crippen molar-refractivity contribution < 1.29 is 17.9 Å². The Labute approximate surface area is 159 Å². The first-order chi connectivity index (χ1) is 12.9. The summed E-state index contributed by atoms with van der Waals surface area (Å²) < 4.78 is 33.9. The molecule has 0 fully saturated rings. The molecule has 142 valence electrons. The molecule has 2 aromatic rings. The highest BCUT2D eigenvalue weighted by Crippen LogP contribution is 2.35. The first kappa shape index (κ1) is 17.9. The van der Waals surface area contributed by atoms with Crippen LogP contribution >= 0.6 is 0 Å². The van der Waals surface area contributed by atoms with E-state index in [0.717, 1.165) is 31.2 Å². The highest BCUT2D eigenvalue weighted by molar-refractivity contribution is 7.92. The van der Waals surface area contributed by atoms with Gasteiger partial charge in [0.05, 0.1) is 22.8 Å². The molecule has 1 aliphatic carbocycles. The van der Waals surface area contributed by atoms with Crippen LogP contribution in [0.15, 0.2) is 41.3 Å². The summed E-state index contributed by atoms with van der Waals surface area (Å²) in [5.41, 5.74) is 3.43. The minimum atomic E-state index is -3.69. The number of aryl methyl sites for hydroxylation is 2. The van der Waals surface area contributed by atoms with E-state index in [1.54, 1.807) is 35.2 Å². The van der Waals surface area contributed by atoms with Crippen molar-refractivity contribution in [3.8, 4) is 5.75 Å². The molecule has 0 aromatic heterocycles. The molecule has 0 spiro atoms. The molecular weight excluding hydrogens is 364 g/mol. The van der Waals surface area contributed by atoms with E-state index in [2.05, 4.69) is 4.72 Å². The molecule has 0 radical (unpaired) electrons. The fourth-order valence-electron chi connectivity index (χ4n) is 3.70. The van der Waals surface area contributed by atoms with Crippen molar-refractivity contribution in [1.82, 2.24) is 0 Å². The van der Waals surface area contributed by atoms with Gasteiger partial charge in [0, 0.05) is 13.0 Å². The second-order valence-corrected chi connectivity index (χ2v) is 8.63. The summed E-state index contributed by atoms with van der Waals surface area (Å²) in [6, 6.07) is 10.4. The summed E-state index contributed by atoms with van der Waals surface area (Å²) in [5.74, 6) is 0.434. The first-order valence-corrected chi connectivity index (χ1v) is 10.6. The lowest BCUT2D eigenvalue weighted by atomic mass is 9.92. The van der Waals surface area contributed by atoms with Crippen LogP contribution in [0.2, 0.25) is 0 Å². The summed E-state index contributed by atoms with van der Waals surface area (Å²) in [7, 11) is -3.69. The molecule has 1 aliphatic heterocycles. The van der Waals surface area contributed by atoms with Crippen LogP contribution < -0.4 is 14.4 Å². The Morgan fingerprint density at radius 2 is 1.85 bits per heavy atom. The molecule has 2 aliphatic rings. The number of fused-ring (bicyclic) bond motifs is 2. The van der Waals surface area contributed by atoms with Gasteiger partial charge < -0.3 is 9.64 Å². The second kappa shape index (κ2) is 6.88. The van der Waals surface area contributed by atoms with Crippen LogP contribution in [0.4, 0.5) is 11.4 Å². The van der Waals surface area contributed by atoms with Crippen LogP contribution in [0.25, 0.3) is 0 Å². The maximum atomic E-state index is 12.8. The van der Waals surface area contributed by atoms with Crippen LogP contribution in [-0.2, 0) is 27.7 Å². The normalized spacial score (nSPS) is 16.1. The number of nitrogens with one attached hydrogen (secondary N) is 1. The molecule has 2 aromatic carbocycles. The van der Waals surface area contributed by atoms with Gasteiger partial charge in [-0.15, -0.1) is 0 Å². The quantitative estimate of drug-likeness (QED) is 0.879. The molecule has 4 rings (SSSR count). The Hall–Kier alpha value is -2.54. The molecule has 0 atom stereocenters. The van der Waals surface area contributed by atoms with E-state index in [1.165, 1.54) is 12.5 Å². The van der Waals surface area contributed by atoms with Crippen molar-refractivity contribution >= 4 is 27.3 Å². The number of ether oxygens (including phenoxy) is 1. The fourth-order valence-corrected chi connectivity index (χ4v) is 4.80. The number of anilines is 2. The number of benzene rings is 2. The van der Waals surface area contributed by atoms with Gasteiger partial charge in [0.25, 0.3) is 10.0 Å². The Morgan fingerprint density at radius 3 is 2.63 bits per heavy atom. The van der Waals surface area contributed by atoms with Crippen LogP contribution in [-0.4, -0.2) is 27.5 Å². The minimum Gasteiger partial charge on any atom is -0.489 e. The van der Waals surface area contributed by atoms with E-state index in [4.69, 9.17) is 4.74 Å². The number of carbonyl (C=O) groups is 1. The molecule has 0 saturated carbocycles. The summed E-state index contributed by atoms with van der Waals surface area (Å²) in [6.45, 7) is 2.37. The zero-order valence-corrected chi connectivity index (χ0v) is 16.0. The van der Waals surface area contributed by atoms with Crippen LogP contribution in [0, 0.1) is 0 Å². The van der Waals surface area contributed by atoms with Crippen LogP contribution in [0.1, 0.15) is 30.9 Å². The van der Waals surface area contributed by atoms with Crippen molar-refractivity contribution in [1.29, 1.82) is 0 Å². The van der Waals surface area contributed by atoms with Gasteiger partial charge in [-0.2, -0.15) is 0 Å². The van der Waals surface area contributed by atoms with Gasteiger partial charge in [-0.25, -0.2) is 8.42 Å². The van der Waals surface area contributed by atoms with Crippen molar-refractivity contribution in [3.05, 3.63) is 47.5 Å². The van der Waals surface area contributed by atoms with Gasteiger partial charge in [0.1, 0.15) is 12.4 Å². The largest absolute Gasteiger partial charge is 0.489 e. The average Bonchev–Trinajstić information content (AvgIpc) is 2.66. The lowest BCUT2D eigenvalue weighted by Crippen LogP contribution is -2.36. The predicted molar refractivity (Wildman–Crippen MR) is 104 cm³/mol. The highest BCUT2D eigenvalue weighted by Gasteiger charge is 2.23. The average molecular weight is 386 g/mol. The predicted octanol–water partition coefficient (Wildman–Crippen LogP) is 3.11. The lowest BCUT2D eigenvalue weighted by molar-refractivity contribution is -0.116. The summed E-state index contributed by atoms with van der Waals surface area (Å²) in [6.07, 6.45) is 4.19. The van der Waals surface area contributed by atoms with E-state index in [0.29, 0.717) is 30.3 Å². The molecule has 0 bridgehead atoms. The van der Waals surface area contributed by atoms with Crippen molar-refractivity contribution in [2.45, 2.75) is 37.5 Å². The highest BCUT2D eigenvalue weighted by atomic mass is 32.2. The number of carbonyl (C=O) groups excluding carboxylic acids is 1. The van der Waals surface area contributed by atoms with Crippen molar-refractivity contribution in [2.75, 3.05) is 22.8 Å². The molecule has 6 nitrogen and oxygen atoms in total. The minimum absolute atomic E-state index is 0.0676. The topological polar surface area (TPSA) is 75.7 Å². The van der Waals surface area contributed by atoms with Crippen LogP contribution in [0.3, 0.4) is 0 Å². The maximum Gasteiger partial charge on any atom is 0.261 e. The number of hydrogen-bond acceptors (Lipinski definition) is 4. The zero-order chi connectivity index (χ0) is 19.0. The third kappa shape index (κ3) is 3.51. The number of sulfonamides is 1. The number of amides is 1. The van der Waals surface area contributed by atoms with Crippen LogP contribution in [0.5, 0.6) is 5.75 Å². The monoisotopic (exact) mass is 386 g/mol. The summed E-state index contributed by atoms with van der Waals surface area (Å²) >= 11 is 0. The number of nitrogens with zero attached hydrogens (tertiary/aromatic N) is 1. The third-order valence-corrected chi connectivity index (χ3v) is 6.46. The molecule has 0 unspecified atom stereocenters. The molecule has 7 heteroatoms. The zero-order valence-electron chi connectivity index (χ0n) is 15.2. The lowest BCUT2D eigenvalue weighted by Gasteiger charge is -2.29. The van der Waals surface area contributed by atoms with Gasteiger partial charge in [0.2, 0.25) is 5.91 Å². The fraction of sp³-hybridized carbons (Fsp3) is 0.350. The second-order valence-electron chi connectivity index (χ2n) is 6.94. The van der Waals surface area contributed by atoms with Gasteiger partial charge in [-0.3, -0.25) is 9.52 Å². The van der Waals surface area contributed by atoms with E-state index in [1.807, 2.05) is 6.07 Å². The Kier molecular flexibility index (Phi) is 4.55. The summed E-state index contributed by atoms with van der Waals surface area (Å²) in [4.78, 5) is 13.6. The van der Waals surface area contributed by atoms with E-state index in [-0.39, 0.29) is 10.8 Å². The van der Waals surface area contributed by atoms with Gasteiger partial charge in [-0.05, 0) is 61.1 Å². The van der Waals surface area contributed by atoms with Gasteiger partial charge in [0.15, 0.2) is 0 Å². The number of rotatable bonds is 3. The molecule has 1 N–H and O–H groups in total. The third-order valence-electron chi connectivity index (χ3n) is 5.09. The molecule has 1 heterocycles. The Bertz CT molecular complexity index is 1000. The van der Waals surface area contributed by atoms with Gasteiger partial charge >= 0.3 is 0 Å². The Morgan fingerprint density at radius 1 is 1.07 bits per heavy atom. The number of hydrogen-bond donors (Lipinski definition) is 1. The van der Waals surface area contributed by atoms with E-state index in [9.17, 15) is 13.2 Å². The SMILES string of the molecule is CC(=O)N1CCOc2cc(NS(=O)(=O)c3ccc4c(c3)CCCC4)ccc21. The molecular formula is C20H22N2O4S. The Balaban J connectivity index is 1.61. The summed E-state index contributed by atoms with van der Waals surface area (Å²) in [5, 5.41) is 0. The standard InChI is InChI=1S/C20H22N2O4S/c1-14(23)22-10-11-26-20-13-17(7-9-19(20)22)21-27(24,25)18-8-6-15-4-2-3-5-16(15)12-18/h6-9,12-13,21H,2-5,10-11H2,1H3. The van der Waals surface area contributed by atoms with Crippen molar-refractivity contribution in [2.24, 2.45) is 0 Å². The first-order valence-electron chi connectivity index (χ1n) is 9.14. The van der Waals surface area contributed by atoms with Crippen molar-refractivity contribution in [3.63, 3.8) is 0 Å². The van der Waals surface area contributed by atoms with Gasteiger partial charge in [-0.1, -0.05) is 6.07 Å². The smallest absolute Gasteiger partial charge is 0.261 e.